The Labute approximate surface area is 196 Å². The molecule has 2 saturated heterocycles. The van der Waals surface area contributed by atoms with Crippen molar-refractivity contribution in [2.45, 2.75) is 39.2 Å². The van der Waals surface area contributed by atoms with Gasteiger partial charge in [0.25, 0.3) is 5.91 Å². The minimum atomic E-state index is -0.554. The van der Waals surface area contributed by atoms with Gasteiger partial charge in [-0.1, -0.05) is 55.9 Å². The van der Waals surface area contributed by atoms with Crippen molar-refractivity contribution in [1.29, 1.82) is 0 Å². The van der Waals surface area contributed by atoms with Crippen molar-refractivity contribution in [3.8, 4) is 5.75 Å². The van der Waals surface area contributed by atoms with Crippen molar-refractivity contribution in [3.05, 3.63) is 63.0 Å². The number of rotatable bonds is 6. The van der Waals surface area contributed by atoms with E-state index in [-0.39, 0.29) is 18.2 Å². The summed E-state index contributed by atoms with van der Waals surface area (Å²) in [6, 6.07) is 9.44. The van der Waals surface area contributed by atoms with Crippen LogP contribution in [0.5, 0.6) is 5.75 Å². The number of thioether (sulfide) groups is 1. The van der Waals surface area contributed by atoms with E-state index in [0.717, 1.165) is 30.8 Å². The molecular formula is C24H26N2O4S2. The number of aromatic hydroxyl groups is 1. The molecule has 1 aromatic carbocycles. The number of benzene rings is 1. The molecule has 6 nitrogen and oxygen atoms in total. The van der Waals surface area contributed by atoms with E-state index in [9.17, 15) is 14.7 Å². The zero-order valence-electron chi connectivity index (χ0n) is 18.0. The largest absolute Gasteiger partial charge is 0.502 e. The summed E-state index contributed by atoms with van der Waals surface area (Å²) < 4.78 is 5.61. The molecule has 0 atom stereocenters. The number of piperidine rings is 1. The molecule has 1 aromatic heterocycles. The molecule has 0 radical (unpaired) electrons. The number of amides is 1. The molecule has 2 aliphatic heterocycles. The highest BCUT2D eigenvalue weighted by Gasteiger charge is 2.32. The van der Waals surface area contributed by atoms with Crippen molar-refractivity contribution >= 4 is 46.0 Å². The molecule has 3 heterocycles. The van der Waals surface area contributed by atoms with E-state index >= 15 is 0 Å². The first-order valence-electron chi connectivity index (χ1n) is 10.9. The molecule has 0 bridgehead atoms. The third-order valence-electron chi connectivity index (χ3n) is 5.92. The van der Waals surface area contributed by atoms with Gasteiger partial charge in [-0.15, -0.1) is 0 Å². The number of thiocarbonyl (C=S) groups is 1. The van der Waals surface area contributed by atoms with Gasteiger partial charge in [-0.05, 0) is 42.5 Å². The molecule has 1 amide bonds. The van der Waals surface area contributed by atoms with Gasteiger partial charge in [0.2, 0.25) is 5.43 Å². The quantitative estimate of drug-likeness (QED) is 0.482. The van der Waals surface area contributed by atoms with Gasteiger partial charge in [-0.25, -0.2) is 0 Å². The fourth-order valence-corrected chi connectivity index (χ4v) is 5.39. The number of hydrogen-bond acceptors (Lipinski definition) is 7. The van der Waals surface area contributed by atoms with E-state index in [1.807, 2.05) is 18.2 Å². The first-order valence-corrected chi connectivity index (χ1v) is 12.1. The molecule has 2 aliphatic rings. The summed E-state index contributed by atoms with van der Waals surface area (Å²) in [6.45, 7) is 4.49. The van der Waals surface area contributed by atoms with Crippen LogP contribution in [0.1, 0.15) is 43.9 Å². The third-order valence-corrected chi connectivity index (χ3v) is 7.30. The number of hydrogen-bond donors (Lipinski definition) is 1. The zero-order chi connectivity index (χ0) is 22.7. The maximum absolute atomic E-state index is 12.8. The van der Waals surface area contributed by atoms with Crippen molar-refractivity contribution in [1.82, 2.24) is 4.90 Å². The molecule has 8 heteroatoms. The van der Waals surface area contributed by atoms with E-state index in [1.165, 1.54) is 54.1 Å². The zero-order valence-corrected chi connectivity index (χ0v) is 19.6. The highest BCUT2D eigenvalue weighted by Crippen LogP contribution is 2.34. The molecule has 1 N–H and O–H groups in total. The standard InChI is InChI=1S/C24H26N2O4S2/c1-2-3-16-8-10-25(11-9-16)18-6-4-17(5-7-18)12-22-23(29)26(24(31)32-22)14-19-13-20(27)21(28)15-30-19/h4-7,12-13,15-16,28H,2-3,8-11,14H2,1H3. The fraction of sp³-hybridized carbons (Fsp3) is 0.375. The van der Waals surface area contributed by atoms with Crippen LogP contribution in [-0.4, -0.2) is 33.3 Å². The van der Waals surface area contributed by atoms with E-state index in [2.05, 4.69) is 24.0 Å². The second kappa shape index (κ2) is 9.92. The molecule has 4 rings (SSSR count). The Hall–Kier alpha value is -2.58. The molecular weight excluding hydrogens is 444 g/mol. The maximum atomic E-state index is 12.8. The molecule has 0 unspecified atom stereocenters. The number of nitrogens with zero attached hydrogens (tertiary/aromatic N) is 2. The lowest BCUT2D eigenvalue weighted by Crippen LogP contribution is -2.33. The van der Waals surface area contributed by atoms with Crippen molar-refractivity contribution in [3.63, 3.8) is 0 Å². The molecule has 0 aliphatic carbocycles. The molecule has 0 saturated carbocycles. The first kappa shape index (κ1) is 22.6. The van der Waals surface area contributed by atoms with Crippen LogP contribution in [0.2, 0.25) is 0 Å². The fourth-order valence-electron chi connectivity index (χ4n) is 4.14. The average Bonchev–Trinajstić information content (AvgIpc) is 3.05. The number of anilines is 1. The van der Waals surface area contributed by atoms with Gasteiger partial charge in [0.1, 0.15) is 16.3 Å². The summed E-state index contributed by atoms with van der Waals surface area (Å²) in [5.41, 5.74) is 1.60. The monoisotopic (exact) mass is 470 g/mol. The molecule has 2 aromatic rings. The summed E-state index contributed by atoms with van der Waals surface area (Å²) in [6.07, 6.45) is 7.89. The van der Waals surface area contributed by atoms with Crippen LogP contribution < -0.4 is 10.3 Å². The predicted octanol–water partition coefficient (Wildman–Crippen LogP) is 4.76. The minimum Gasteiger partial charge on any atom is -0.502 e. The van der Waals surface area contributed by atoms with Crippen LogP contribution in [0, 0.1) is 5.92 Å². The first-order chi connectivity index (χ1) is 15.4. The van der Waals surface area contributed by atoms with E-state index in [1.54, 1.807) is 0 Å². The Morgan fingerprint density at radius 1 is 1.22 bits per heavy atom. The summed E-state index contributed by atoms with van der Waals surface area (Å²) in [7, 11) is 0. The van der Waals surface area contributed by atoms with Crippen LogP contribution in [0.3, 0.4) is 0 Å². The maximum Gasteiger partial charge on any atom is 0.266 e. The van der Waals surface area contributed by atoms with Gasteiger partial charge in [0, 0.05) is 24.8 Å². The van der Waals surface area contributed by atoms with Gasteiger partial charge in [-0.2, -0.15) is 0 Å². The Kier molecular flexibility index (Phi) is 7.01. The molecule has 168 valence electrons. The van der Waals surface area contributed by atoms with Crippen LogP contribution in [0.15, 0.2) is 50.7 Å². The normalized spacial score (nSPS) is 18.7. The summed E-state index contributed by atoms with van der Waals surface area (Å²) in [5, 5.41) is 9.32. The summed E-state index contributed by atoms with van der Waals surface area (Å²) >= 11 is 6.58. The van der Waals surface area contributed by atoms with Gasteiger partial charge in [0.15, 0.2) is 5.75 Å². The van der Waals surface area contributed by atoms with E-state index < -0.39 is 11.2 Å². The van der Waals surface area contributed by atoms with Gasteiger partial charge in [0.05, 0.1) is 11.4 Å². The lowest BCUT2D eigenvalue weighted by Gasteiger charge is -2.33. The lowest BCUT2D eigenvalue weighted by atomic mass is 9.92. The molecule has 32 heavy (non-hydrogen) atoms. The van der Waals surface area contributed by atoms with Crippen LogP contribution >= 0.6 is 24.0 Å². The smallest absolute Gasteiger partial charge is 0.266 e. The number of carbonyl (C=O) groups excluding carboxylic acids is 1. The lowest BCUT2D eigenvalue weighted by molar-refractivity contribution is -0.122. The van der Waals surface area contributed by atoms with Crippen molar-refractivity contribution in [2.24, 2.45) is 5.92 Å². The van der Waals surface area contributed by atoms with E-state index in [4.69, 9.17) is 16.6 Å². The van der Waals surface area contributed by atoms with E-state index in [0.29, 0.717) is 9.23 Å². The predicted molar refractivity (Wildman–Crippen MR) is 132 cm³/mol. The van der Waals surface area contributed by atoms with Gasteiger partial charge >= 0.3 is 0 Å². The van der Waals surface area contributed by atoms with Crippen LogP contribution in [-0.2, 0) is 11.3 Å². The highest BCUT2D eigenvalue weighted by atomic mass is 32.2. The average molecular weight is 471 g/mol. The second-order valence-electron chi connectivity index (χ2n) is 8.17. The third kappa shape index (κ3) is 5.07. The van der Waals surface area contributed by atoms with Crippen molar-refractivity contribution < 1.29 is 14.3 Å². The highest BCUT2D eigenvalue weighted by molar-refractivity contribution is 8.26. The van der Waals surface area contributed by atoms with Crippen LogP contribution in [0.25, 0.3) is 6.08 Å². The summed E-state index contributed by atoms with van der Waals surface area (Å²) in [4.78, 5) is 28.8. The van der Waals surface area contributed by atoms with Gasteiger partial charge < -0.3 is 14.4 Å². The van der Waals surface area contributed by atoms with Crippen LogP contribution in [0.4, 0.5) is 5.69 Å². The second-order valence-corrected chi connectivity index (χ2v) is 9.85. The SMILES string of the molecule is CCCC1CCN(c2ccc(C=C3SC(=S)N(Cc4cc(=O)c(O)co4)C3=O)cc2)CC1. The molecule has 0 spiro atoms. The Bertz CT molecular complexity index is 1090. The van der Waals surface area contributed by atoms with Gasteiger partial charge in [-0.3, -0.25) is 14.5 Å². The Morgan fingerprint density at radius 2 is 1.94 bits per heavy atom. The minimum absolute atomic E-state index is 0.0461. The number of carbonyl (C=O) groups is 1. The van der Waals surface area contributed by atoms with Crippen molar-refractivity contribution in [2.75, 3.05) is 18.0 Å². The topological polar surface area (TPSA) is 74.0 Å². The Balaban J connectivity index is 1.41. The molecule has 2 fully saturated rings. The Morgan fingerprint density at radius 3 is 2.59 bits per heavy atom. The summed E-state index contributed by atoms with van der Waals surface area (Å²) in [5.74, 6) is 0.426.